The largest absolute Gasteiger partial charge is 0.375 e. The Morgan fingerprint density at radius 3 is 2.69 bits per heavy atom. The average molecular weight is 516 g/mol. The van der Waals surface area contributed by atoms with Crippen molar-refractivity contribution < 1.29 is 14.3 Å². The van der Waals surface area contributed by atoms with Gasteiger partial charge in [0.05, 0.1) is 37.0 Å². The van der Waals surface area contributed by atoms with Crippen molar-refractivity contribution in [1.29, 1.82) is 0 Å². The van der Waals surface area contributed by atoms with E-state index in [0.29, 0.717) is 54.4 Å². The number of hydrogen-bond donors (Lipinski definition) is 1. The van der Waals surface area contributed by atoms with Crippen molar-refractivity contribution in [2.75, 3.05) is 26.2 Å². The molecule has 0 bridgehead atoms. The maximum atomic E-state index is 13.2. The van der Waals surface area contributed by atoms with Crippen LogP contribution in [0.5, 0.6) is 0 Å². The predicted octanol–water partition coefficient (Wildman–Crippen LogP) is -0.661. The Kier molecular flexibility index (Phi) is 6.29. The molecule has 36 heavy (non-hydrogen) atoms. The molecule has 3 aromatic heterocycles. The minimum atomic E-state index is -0.397. The molecule has 12 nitrogen and oxygen atoms in total. The number of fused-ring (bicyclic) bond motifs is 2. The molecule has 2 saturated heterocycles. The van der Waals surface area contributed by atoms with Crippen LogP contribution in [0.25, 0.3) is 10.2 Å². The van der Waals surface area contributed by atoms with E-state index in [1.807, 2.05) is 13.8 Å². The zero-order valence-corrected chi connectivity index (χ0v) is 21.5. The van der Waals surface area contributed by atoms with E-state index in [0.717, 1.165) is 10.4 Å². The number of ether oxygens (including phenoxy) is 1. The monoisotopic (exact) mass is 515 g/mol. The van der Waals surface area contributed by atoms with Crippen LogP contribution in [0.15, 0.2) is 15.0 Å². The van der Waals surface area contributed by atoms with Crippen LogP contribution in [0, 0.1) is 25.7 Å². The number of thiophene rings is 1. The molecule has 5 heterocycles. The Labute approximate surface area is 210 Å². The molecule has 0 saturated carbocycles. The molecule has 3 aromatic rings. The van der Waals surface area contributed by atoms with E-state index in [1.165, 1.54) is 23.0 Å². The number of aromatic nitrogens is 5. The minimum Gasteiger partial charge on any atom is -0.375 e. The second kappa shape index (κ2) is 9.28. The quantitative estimate of drug-likeness (QED) is 0.461. The molecule has 0 spiro atoms. The summed E-state index contributed by atoms with van der Waals surface area (Å²) in [6.07, 6.45) is -0.127. The van der Waals surface area contributed by atoms with Crippen LogP contribution in [0.1, 0.15) is 17.2 Å². The highest BCUT2D eigenvalue weighted by molar-refractivity contribution is 7.17. The summed E-state index contributed by atoms with van der Waals surface area (Å²) < 4.78 is 10.1. The van der Waals surface area contributed by atoms with E-state index in [9.17, 15) is 19.2 Å². The van der Waals surface area contributed by atoms with Crippen molar-refractivity contribution in [1.82, 2.24) is 34.1 Å². The third kappa shape index (κ3) is 4.15. The molecule has 0 radical (unpaired) electrons. The summed E-state index contributed by atoms with van der Waals surface area (Å²) in [5.74, 6) is 0.891. The Balaban J connectivity index is 1.22. The van der Waals surface area contributed by atoms with Crippen LogP contribution in [0.3, 0.4) is 0 Å². The number of nitrogens with one attached hydrogen (secondary N) is 1. The van der Waals surface area contributed by atoms with Crippen LogP contribution >= 0.6 is 11.3 Å². The first-order chi connectivity index (χ1) is 17.2. The van der Waals surface area contributed by atoms with Crippen molar-refractivity contribution in [3.8, 4) is 0 Å². The summed E-state index contributed by atoms with van der Waals surface area (Å²) in [5, 5.41) is 9.45. The van der Waals surface area contributed by atoms with Gasteiger partial charge < -0.3 is 15.0 Å². The number of amides is 2. The normalized spacial score (nSPS) is 21.3. The first kappa shape index (κ1) is 24.4. The first-order valence-electron chi connectivity index (χ1n) is 11.9. The number of aryl methyl sites for hydroxylation is 3. The fourth-order valence-corrected chi connectivity index (χ4v) is 6.23. The number of carbonyl (C=O) groups excluding carboxylic acids is 2. The Morgan fingerprint density at radius 1 is 1.19 bits per heavy atom. The van der Waals surface area contributed by atoms with Crippen molar-refractivity contribution in [3.05, 3.63) is 43.4 Å². The molecule has 5 rings (SSSR count). The molecule has 2 aliphatic rings. The lowest BCUT2D eigenvalue weighted by atomic mass is 9.92. The molecule has 3 atom stereocenters. The summed E-state index contributed by atoms with van der Waals surface area (Å²) >= 11 is 1.28. The van der Waals surface area contributed by atoms with Gasteiger partial charge in [0.25, 0.3) is 5.56 Å². The van der Waals surface area contributed by atoms with Gasteiger partial charge in [-0.1, -0.05) is 0 Å². The van der Waals surface area contributed by atoms with Gasteiger partial charge in [0.2, 0.25) is 11.8 Å². The summed E-state index contributed by atoms with van der Waals surface area (Å²) in [6, 6.07) is 0. The van der Waals surface area contributed by atoms with Gasteiger partial charge in [-0.05, 0) is 24.8 Å². The van der Waals surface area contributed by atoms with E-state index in [4.69, 9.17) is 4.74 Å². The van der Waals surface area contributed by atoms with Gasteiger partial charge in [-0.25, -0.2) is 14.5 Å². The molecule has 2 aliphatic heterocycles. The van der Waals surface area contributed by atoms with E-state index < -0.39 is 11.2 Å². The van der Waals surface area contributed by atoms with Gasteiger partial charge >= 0.3 is 5.69 Å². The lowest BCUT2D eigenvalue weighted by Crippen LogP contribution is -2.39. The number of carbonyl (C=O) groups is 2. The fraction of sp³-hybridized carbons (Fsp3) is 0.565. The first-order valence-corrected chi connectivity index (χ1v) is 12.7. The lowest BCUT2D eigenvalue weighted by Gasteiger charge is -2.20. The zero-order valence-electron chi connectivity index (χ0n) is 20.7. The Hall–Kier alpha value is -3.32. The third-order valence-electron chi connectivity index (χ3n) is 7.18. The number of rotatable bonds is 6. The molecule has 2 fully saturated rings. The maximum Gasteiger partial charge on any atom is 0.331 e. The predicted molar refractivity (Wildman–Crippen MR) is 132 cm³/mol. The topological polar surface area (TPSA) is 133 Å². The number of nitrogens with zero attached hydrogens (tertiary/aromatic N) is 6. The van der Waals surface area contributed by atoms with Crippen molar-refractivity contribution in [2.45, 2.75) is 32.9 Å². The van der Waals surface area contributed by atoms with E-state index in [1.54, 1.807) is 22.0 Å². The second-order valence-electron chi connectivity index (χ2n) is 9.48. The molecule has 0 unspecified atom stereocenters. The van der Waals surface area contributed by atoms with Crippen LogP contribution in [-0.2, 0) is 41.4 Å². The molecule has 0 aliphatic carbocycles. The molecular formula is C23H29N7O5S. The summed E-state index contributed by atoms with van der Waals surface area (Å²) in [6.45, 7) is 5.86. The van der Waals surface area contributed by atoms with Crippen LogP contribution in [0.2, 0.25) is 0 Å². The summed E-state index contributed by atoms with van der Waals surface area (Å²) in [5.41, 5.74) is -0.179. The van der Waals surface area contributed by atoms with Gasteiger partial charge in [0.15, 0.2) is 0 Å². The van der Waals surface area contributed by atoms with Crippen LogP contribution in [0.4, 0.5) is 0 Å². The lowest BCUT2D eigenvalue weighted by molar-refractivity contribution is -0.131. The summed E-state index contributed by atoms with van der Waals surface area (Å²) in [7, 11) is 3.05. The zero-order chi connectivity index (χ0) is 25.7. The fourth-order valence-electron chi connectivity index (χ4n) is 5.20. The van der Waals surface area contributed by atoms with Crippen molar-refractivity contribution >= 4 is 33.4 Å². The van der Waals surface area contributed by atoms with Gasteiger partial charge in [-0.3, -0.25) is 23.5 Å². The van der Waals surface area contributed by atoms with Crippen LogP contribution in [-0.4, -0.2) is 73.0 Å². The van der Waals surface area contributed by atoms with E-state index >= 15 is 0 Å². The van der Waals surface area contributed by atoms with Gasteiger partial charge in [-0.15, -0.1) is 11.3 Å². The Bertz CT molecular complexity index is 1470. The minimum absolute atomic E-state index is 0.0560. The van der Waals surface area contributed by atoms with Gasteiger partial charge in [0.1, 0.15) is 16.5 Å². The van der Waals surface area contributed by atoms with E-state index in [-0.39, 0.29) is 36.2 Å². The number of likely N-dealkylation sites (tertiary alicyclic amines) is 1. The Morgan fingerprint density at radius 2 is 1.97 bits per heavy atom. The average Bonchev–Trinajstić information content (AvgIpc) is 3.59. The SMILES string of the molecule is Cc1nc(C)n(CCNC(=O)[C@H]2CO[C@@H]3CN(C(=O)Cc4csc5c4c(=O)n(C)c(=O)n5C)C[C@@H]23)n1. The second-order valence-corrected chi connectivity index (χ2v) is 10.3. The van der Waals surface area contributed by atoms with Crippen LogP contribution < -0.4 is 16.6 Å². The van der Waals surface area contributed by atoms with E-state index in [2.05, 4.69) is 15.4 Å². The number of hydrogen-bond acceptors (Lipinski definition) is 8. The van der Waals surface area contributed by atoms with Crippen molar-refractivity contribution in [2.24, 2.45) is 25.9 Å². The maximum absolute atomic E-state index is 13.2. The van der Waals surface area contributed by atoms with Gasteiger partial charge in [0, 0.05) is 39.6 Å². The molecule has 0 aromatic carbocycles. The molecule has 2 amide bonds. The molecule has 1 N–H and O–H groups in total. The molecular weight excluding hydrogens is 486 g/mol. The molecule has 13 heteroatoms. The smallest absolute Gasteiger partial charge is 0.331 e. The third-order valence-corrected chi connectivity index (χ3v) is 8.28. The standard InChI is InChI=1S/C23H29N7O5S/c1-12-25-13(2)30(26-12)6-5-24-20(32)16-10-35-17-9-29(8-15(16)17)18(31)7-14-11-36-22-19(14)21(33)27(3)23(34)28(22)4/h11,15-17H,5-10H2,1-4H3,(H,24,32)/t15-,16-,17+/m0/s1. The molecule has 192 valence electrons. The van der Waals surface area contributed by atoms with Crippen molar-refractivity contribution in [3.63, 3.8) is 0 Å². The summed E-state index contributed by atoms with van der Waals surface area (Å²) in [4.78, 5) is 57.5. The van der Waals surface area contributed by atoms with Gasteiger partial charge in [-0.2, -0.15) is 5.10 Å². The highest BCUT2D eigenvalue weighted by atomic mass is 32.1. The highest BCUT2D eigenvalue weighted by Crippen LogP contribution is 2.34. The highest BCUT2D eigenvalue weighted by Gasteiger charge is 2.47.